The van der Waals surface area contributed by atoms with E-state index >= 15 is 0 Å². The second kappa shape index (κ2) is 5.63. The molecule has 3 rings (SSSR count). The summed E-state index contributed by atoms with van der Waals surface area (Å²) in [5, 5.41) is 4.03. The van der Waals surface area contributed by atoms with Crippen molar-refractivity contribution in [3.63, 3.8) is 0 Å². The molecular formula is C12H17ClN4S. The summed E-state index contributed by atoms with van der Waals surface area (Å²) in [6.45, 7) is 4.00. The van der Waals surface area contributed by atoms with E-state index in [2.05, 4.69) is 15.2 Å². The predicted octanol–water partition coefficient (Wildman–Crippen LogP) is 1.37. The van der Waals surface area contributed by atoms with Crippen molar-refractivity contribution in [2.45, 2.75) is 12.8 Å². The fourth-order valence-electron chi connectivity index (χ4n) is 2.39. The quantitative estimate of drug-likeness (QED) is 0.789. The number of hydrogen-bond donors (Lipinski definition) is 1. The summed E-state index contributed by atoms with van der Waals surface area (Å²) in [5.74, 6) is 3.13. The zero-order valence-electron chi connectivity index (χ0n) is 10.3. The third-order valence-corrected chi connectivity index (χ3v) is 4.67. The molecule has 1 N–H and O–H groups in total. The minimum absolute atomic E-state index is 0.650. The number of halogens is 1. The Bertz CT molecular complexity index is 434. The standard InChI is InChI=1S/C12H17ClN4S/c13-11-9-1-3-14-4-2-10(9)15-12(16-11)17-5-7-18-8-6-17/h14H,1-8H2. The van der Waals surface area contributed by atoms with Crippen molar-refractivity contribution in [3.8, 4) is 0 Å². The highest BCUT2D eigenvalue weighted by molar-refractivity contribution is 7.99. The second-order valence-corrected chi connectivity index (χ2v) is 6.17. The molecule has 3 heterocycles. The zero-order chi connectivity index (χ0) is 12.4. The van der Waals surface area contributed by atoms with Gasteiger partial charge in [-0.3, -0.25) is 0 Å². The van der Waals surface area contributed by atoms with Crippen LogP contribution >= 0.6 is 23.4 Å². The van der Waals surface area contributed by atoms with Crippen molar-refractivity contribution in [3.05, 3.63) is 16.4 Å². The molecule has 2 aliphatic heterocycles. The molecule has 2 aliphatic rings. The predicted molar refractivity (Wildman–Crippen MR) is 76.9 cm³/mol. The van der Waals surface area contributed by atoms with Crippen LogP contribution in [0.2, 0.25) is 5.15 Å². The molecule has 0 aromatic carbocycles. The molecule has 0 radical (unpaired) electrons. The van der Waals surface area contributed by atoms with E-state index in [9.17, 15) is 0 Å². The molecule has 18 heavy (non-hydrogen) atoms. The summed E-state index contributed by atoms with van der Waals surface area (Å²) < 4.78 is 0. The maximum atomic E-state index is 6.33. The molecule has 1 saturated heterocycles. The molecule has 0 atom stereocenters. The third-order valence-electron chi connectivity index (χ3n) is 3.41. The molecule has 6 heteroatoms. The summed E-state index contributed by atoms with van der Waals surface area (Å²) >= 11 is 8.32. The number of nitrogens with zero attached hydrogens (tertiary/aromatic N) is 3. The monoisotopic (exact) mass is 284 g/mol. The van der Waals surface area contributed by atoms with Gasteiger partial charge in [0.05, 0.1) is 5.69 Å². The minimum Gasteiger partial charge on any atom is -0.339 e. The number of nitrogens with one attached hydrogen (secondary N) is 1. The number of aromatic nitrogens is 2. The lowest BCUT2D eigenvalue weighted by Gasteiger charge is -2.27. The van der Waals surface area contributed by atoms with Crippen molar-refractivity contribution in [2.75, 3.05) is 42.6 Å². The van der Waals surface area contributed by atoms with Crippen LogP contribution in [0.15, 0.2) is 0 Å². The zero-order valence-corrected chi connectivity index (χ0v) is 11.9. The SMILES string of the molecule is Clc1nc(N2CCSCC2)nc2c1CCNCC2. The summed E-state index contributed by atoms with van der Waals surface area (Å²) in [7, 11) is 0. The second-order valence-electron chi connectivity index (χ2n) is 4.59. The number of thioether (sulfide) groups is 1. The van der Waals surface area contributed by atoms with Gasteiger partial charge in [-0.25, -0.2) is 9.97 Å². The molecule has 0 aliphatic carbocycles. The first-order valence-electron chi connectivity index (χ1n) is 6.43. The van der Waals surface area contributed by atoms with E-state index in [4.69, 9.17) is 16.6 Å². The fraction of sp³-hybridized carbons (Fsp3) is 0.667. The number of rotatable bonds is 1. The smallest absolute Gasteiger partial charge is 0.227 e. The van der Waals surface area contributed by atoms with Gasteiger partial charge in [0.25, 0.3) is 0 Å². The molecule has 0 spiro atoms. The molecule has 0 bridgehead atoms. The highest BCUT2D eigenvalue weighted by Gasteiger charge is 2.19. The highest BCUT2D eigenvalue weighted by Crippen LogP contribution is 2.24. The van der Waals surface area contributed by atoms with E-state index in [0.717, 1.165) is 67.7 Å². The fourth-order valence-corrected chi connectivity index (χ4v) is 3.57. The topological polar surface area (TPSA) is 41.1 Å². The Hall–Kier alpha value is -0.520. The molecule has 1 aromatic rings. The lowest BCUT2D eigenvalue weighted by Crippen LogP contribution is -2.34. The molecule has 0 unspecified atom stereocenters. The van der Waals surface area contributed by atoms with Crippen LogP contribution in [0.1, 0.15) is 11.3 Å². The van der Waals surface area contributed by atoms with Gasteiger partial charge in [0.2, 0.25) is 5.95 Å². The summed E-state index contributed by atoms with van der Waals surface area (Å²) in [4.78, 5) is 11.5. The molecule has 0 amide bonds. The Morgan fingerprint density at radius 3 is 2.72 bits per heavy atom. The van der Waals surface area contributed by atoms with E-state index in [1.165, 1.54) is 0 Å². The van der Waals surface area contributed by atoms with E-state index in [0.29, 0.717) is 5.15 Å². The molecule has 1 fully saturated rings. The van der Waals surface area contributed by atoms with E-state index in [-0.39, 0.29) is 0 Å². The van der Waals surface area contributed by atoms with Gasteiger partial charge in [-0.05, 0) is 13.0 Å². The van der Waals surface area contributed by atoms with Crippen molar-refractivity contribution in [2.24, 2.45) is 0 Å². The van der Waals surface area contributed by atoms with Crippen LogP contribution in [0.4, 0.5) is 5.95 Å². The maximum absolute atomic E-state index is 6.33. The number of anilines is 1. The first kappa shape index (κ1) is 12.5. The van der Waals surface area contributed by atoms with E-state index in [1.54, 1.807) is 0 Å². The van der Waals surface area contributed by atoms with Crippen LogP contribution in [0.25, 0.3) is 0 Å². The Labute approximate surface area is 117 Å². The minimum atomic E-state index is 0.650. The molecular weight excluding hydrogens is 268 g/mol. The van der Waals surface area contributed by atoms with Crippen LogP contribution in [0, 0.1) is 0 Å². The third kappa shape index (κ3) is 2.58. The molecule has 0 saturated carbocycles. The van der Waals surface area contributed by atoms with Crippen molar-refractivity contribution < 1.29 is 0 Å². The van der Waals surface area contributed by atoms with Crippen molar-refractivity contribution in [1.82, 2.24) is 15.3 Å². The number of fused-ring (bicyclic) bond motifs is 1. The van der Waals surface area contributed by atoms with Gasteiger partial charge >= 0.3 is 0 Å². The molecule has 4 nitrogen and oxygen atoms in total. The molecule has 1 aromatic heterocycles. The van der Waals surface area contributed by atoms with Crippen LogP contribution in [0.3, 0.4) is 0 Å². The van der Waals surface area contributed by atoms with Crippen LogP contribution < -0.4 is 10.2 Å². The van der Waals surface area contributed by atoms with Gasteiger partial charge in [-0.2, -0.15) is 11.8 Å². The summed E-state index contributed by atoms with van der Waals surface area (Å²) in [6.07, 6.45) is 1.89. The lowest BCUT2D eigenvalue weighted by atomic mass is 10.1. The largest absolute Gasteiger partial charge is 0.339 e. The van der Waals surface area contributed by atoms with E-state index in [1.807, 2.05) is 11.8 Å². The van der Waals surface area contributed by atoms with Crippen LogP contribution in [0.5, 0.6) is 0 Å². The van der Waals surface area contributed by atoms with Gasteiger partial charge in [0.15, 0.2) is 0 Å². The average Bonchev–Trinajstić information content (AvgIpc) is 2.65. The van der Waals surface area contributed by atoms with Crippen LogP contribution in [-0.4, -0.2) is 47.7 Å². The van der Waals surface area contributed by atoms with Crippen LogP contribution in [-0.2, 0) is 12.8 Å². The van der Waals surface area contributed by atoms with Gasteiger partial charge in [-0.1, -0.05) is 11.6 Å². The Morgan fingerprint density at radius 2 is 1.89 bits per heavy atom. The Morgan fingerprint density at radius 1 is 1.11 bits per heavy atom. The maximum Gasteiger partial charge on any atom is 0.227 e. The average molecular weight is 285 g/mol. The van der Waals surface area contributed by atoms with Gasteiger partial charge in [0, 0.05) is 43.1 Å². The highest BCUT2D eigenvalue weighted by atomic mass is 35.5. The van der Waals surface area contributed by atoms with Gasteiger partial charge in [-0.15, -0.1) is 0 Å². The molecule has 98 valence electrons. The lowest BCUT2D eigenvalue weighted by molar-refractivity contribution is 0.708. The van der Waals surface area contributed by atoms with Crippen molar-refractivity contribution >= 4 is 29.3 Å². The number of hydrogen-bond acceptors (Lipinski definition) is 5. The van der Waals surface area contributed by atoms with E-state index < -0.39 is 0 Å². The normalized spacial score (nSPS) is 20.4. The Kier molecular flexibility index (Phi) is 3.91. The van der Waals surface area contributed by atoms with Crippen molar-refractivity contribution in [1.29, 1.82) is 0 Å². The van der Waals surface area contributed by atoms with Gasteiger partial charge in [0.1, 0.15) is 5.15 Å². The first-order valence-corrected chi connectivity index (χ1v) is 7.96. The summed E-state index contributed by atoms with van der Waals surface area (Å²) in [5.41, 5.74) is 2.27. The summed E-state index contributed by atoms with van der Waals surface area (Å²) in [6, 6.07) is 0. The first-order chi connectivity index (χ1) is 8.84. The van der Waals surface area contributed by atoms with Gasteiger partial charge < -0.3 is 10.2 Å². The Balaban J connectivity index is 1.91.